The summed E-state index contributed by atoms with van der Waals surface area (Å²) in [5, 5.41) is 0. The summed E-state index contributed by atoms with van der Waals surface area (Å²) in [7, 11) is 0. The molecular weight excluding hydrogens is 279 g/mol. The minimum atomic E-state index is -1.36. The third-order valence-corrected chi connectivity index (χ3v) is 3.10. The average Bonchev–Trinajstić information content (AvgIpc) is 2.28. The SMILES string of the molecule is CCCCCCOc1ccc(C(Cl)(Cl)Cl)cc1. The van der Waals surface area contributed by atoms with Gasteiger partial charge in [-0.2, -0.15) is 0 Å². The van der Waals surface area contributed by atoms with E-state index < -0.39 is 3.79 Å². The van der Waals surface area contributed by atoms with E-state index >= 15 is 0 Å². The number of halogens is 3. The summed E-state index contributed by atoms with van der Waals surface area (Å²) in [6, 6.07) is 7.21. The van der Waals surface area contributed by atoms with Crippen LogP contribution < -0.4 is 4.74 Å². The average molecular weight is 296 g/mol. The van der Waals surface area contributed by atoms with Crippen LogP contribution in [0.25, 0.3) is 0 Å². The van der Waals surface area contributed by atoms with Crippen molar-refractivity contribution in [1.29, 1.82) is 0 Å². The van der Waals surface area contributed by atoms with E-state index in [2.05, 4.69) is 6.92 Å². The van der Waals surface area contributed by atoms with Crippen molar-refractivity contribution in [2.45, 2.75) is 36.4 Å². The van der Waals surface area contributed by atoms with E-state index in [0.717, 1.165) is 18.8 Å². The van der Waals surface area contributed by atoms with E-state index in [0.29, 0.717) is 5.56 Å². The van der Waals surface area contributed by atoms with Gasteiger partial charge < -0.3 is 4.74 Å². The highest BCUT2D eigenvalue weighted by Crippen LogP contribution is 2.38. The standard InChI is InChI=1S/C13H17Cl3O/c1-2-3-4-5-10-17-12-8-6-11(7-9-12)13(14,15)16/h6-9H,2-5,10H2,1H3. The molecule has 4 heteroatoms. The predicted octanol–water partition coefficient (Wildman–Crippen LogP) is 5.47. The van der Waals surface area contributed by atoms with Crippen LogP contribution in [0, 0.1) is 0 Å². The molecule has 1 nitrogen and oxygen atoms in total. The first-order chi connectivity index (χ1) is 8.04. The van der Waals surface area contributed by atoms with Gasteiger partial charge in [-0.15, -0.1) is 0 Å². The van der Waals surface area contributed by atoms with Crippen molar-refractivity contribution in [2.75, 3.05) is 6.61 Å². The molecule has 0 atom stereocenters. The van der Waals surface area contributed by atoms with Crippen molar-refractivity contribution in [2.24, 2.45) is 0 Å². The Kier molecular flexibility index (Phi) is 6.47. The monoisotopic (exact) mass is 294 g/mol. The first-order valence-electron chi connectivity index (χ1n) is 5.84. The first-order valence-corrected chi connectivity index (χ1v) is 6.97. The van der Waals surface area contributed by atoms with Crippen LogP contribution in [0.15, 0.2) is 24.3 Å². The predicted molar refractivity (Wildman–Crippen MR) is 75.3 cm³/mol. The van der Waals surface area contributed by atoms with Crippen LogP contribution in [0.2, 0.25) is 0 Å². The molecule has 0 fully saturated rings. The second kappa shape index (κ2) is 7.35. The lowest BCUT2D eigenvalue weighted by atomic mass is 10.2. The largest absolute Gasteiger partial charge is 0.494 e. The molecule has 0 unspecified atom stereocenters. The summed E-state index contributed by atoms with van der Waals surface area (Å²) in [6.07, 6.45) is 4.79. The maximum atomic E-state index is 5.76. The Morgan fingerprint density at radius 2 is 1.65 bits per heavy atom. The zero-order valence-corrected chi connectivity index (χ0v) is 12.2. The molecule has 0 saturated heterocycles. The summed E-state index contributed by atoms with van der Waals surface area (Å²) in [6.45, 7) is 2.93. The Morgan fingerprint density at radius 1 is 1.00 bits per heavy atom. The molecule has 0 amide bonds. The van der Waals surface area contributed by atoms with Gasteiger partial charge in [0.2, 0.25) is 3.79 Å². The smallest absolute Gasteiger partial charge is 0.216 e. The molecular formula is C13H17Cl3O. The molecule has 0 aromatic heterocycles. The molecule has 96 valence electrons. The van der Waals surface area contributed by atoms with Gasteiger partial charge in [0.15, 0.2) is 0 Å². The third-order valence-electron chi connectivity index (χ3n) is 2.45. The number of ether oxygens (including phenoxy) is 1. The Balaban J connectivity index is 2.36. The van der Waals surface area contributed by atoms with Gasteiger partial charge in [-0.05, 0) is 18.6 Å². The summed E-state index contributed by atoms with van der Waals surface area (Å²) in [4.78, 5) is 0. The highest BCUT2D eigenvalue weighted by Gasteiger charge is 2.22. The molecule has 0 aliphatic carbocycles. The van der Waals surface area contributed by atoms with E-state index in [4.69, 9.17) is 39.5 Å². The quantitative estimate of drug-likeness (QED) is 0.499. The van der Waals surface area contributed by atoms with Crippen LogP contribution in [-0.2, 0) is 3.79 Å². The minimum Gasteiger partial charge on any atom is -0.494 e. The number of alkyl halides is 3. The lowest BCUT2D eigenvalue weighted by Gasteiger charge is -2.12. The maximum Gasteiger partial charge on any atom is 0.216 e. The highest BCUT2D eigenvalue weighted by molar-refractivity contribution is 6.66. The van der Waals surface area contributed by atoms with Gasteiger partial charge in [-0.25, -0.2) is 0 Å². The fraction of sp³-hybridized carbons (Fsp3) is 0.538. The Hall–Kier alpha value is -0.110. The fourth-order valence-corrected chi connectivity index (χ4v) is 1.84. The van der Waals surface area contributed by atoms with E-state index in [1.54, 1.807) is 12.1 Å². The van der Waals surface area contributed by atoms with Gasteiger partial charge >= 0.3 is 0 Å². The van der Waals surface area contributed by atoms with Crippen molar-refractivity contribution in [3.63, 3.8) is 0 Å². The van der Waals surface area contributed by atoms with Crippen LogP contribution in [0.3, 0.4) is 0 Å². The Bertz CT molecular complexity index is 316. The maximum absolute atomic E-state index is 5.76. The number of unbranched alkanes of at least 4 members (excludes halogenated alkanes) is 3. The van der Waals surface area contributed by atoms with Crippen molar-refractivity contribution in [3.8, 4) is 5.75 Å². The molecule has 0 aliphatic heterocycles. The third kappa shape index (κ3) is 5.85. The molecule has 0 spiro atoms. The lowest BCUT2D eigenvalue weighted by Crippen LogP contribution is -2.01. The molecule has 1 aromatic carbocycles. The van der Waals surface area contributed by atoms with Crippen molar-refractivity contribution in [1.82, 2.24) is 0 Å². The summed E-state index contributed by atoms with van der Waals surface area (Å²) < 4.78 is 4.23. The number of hydrogen-bond acceptors (Lipinski definition) is 1. The molecule has 1 rings (SSSR count). The van der Waals surface area contributed by atoms with E-state index in [1.807, 2.05) is 12.1 Å². The van der Waals surface area contributed by atoms with Crippen LogP contribution in [0.5, 0.6) is 5.75 Å². The highest BCUT2D eigenvalue weighted by atomic mass is 35.6. The first kappa shape index (κ1) is 14.9. The van der Waals surface area contributed by atoms with Gasteiger partial charge in [-0.1, -0.05) is 73.1 Å². The summed E-state index contributed by atoms with van der Waals surface area (Å²) >= 11 is 17.3. The molecule has 17 heavy (non-hydrogen) atoms. The van der Waals surface area contributed by atoms with Crippen LogP contribution in [-0.4, -0.2) is 6.61 Å². The fourth-order valence-electron chi connectivity index (χ4n) is 1.46. The molecule has 0 aliphatic rings. The van der Waals surface area contributed by atoms with Crippen molar-refractivity contribution < 1.29 is 4.74 Å². The van der Waals surface area contributed by atoms with Crippen LogP contribution in [0.1, 0.15) is 38.2 Å². The van der Waals surface area contributed by atoms with E-state index in [9.17, 15) is 0 Å². The molecule has 0 heterocycles. The van der Waals surface area contributed by atoms with Crippen LogP contribution in [0.4, 0.5) is 0 Å². The number of hydrogen-bond donors (Lipinski definition) is 0. The molecule has 0 saturated carbocycles. The topological polar surface area (TPSA) is 9.23 Å². The Labute approximate surface area is 118 Å². The van der Waals surface area contributed by atoms with Crippen molar-refractivity contribution >= 4 is 34.8 Å². The van der Waals surface area contributed by atoms with Gasteiger partial charge in [-0.3, -0.25) is 0 Å². The van der Waals surface area contributed by atoms with Gasteiger partial charge in [0.05, 0.1) is 6.61 Å². The van der Waals surface area contributed by atoms with E-state index in [1.165, 1.54) is 19.3 Å². The number of rotatable bonds is 6. The summed E-state index contributed by atoms with van der Waals surface area (Å²) in [5.41, 5.74) is 0.654. The van der Waals surface area contributed by atoms with E-state index in [-0.39, 0.29) is 0 Å². The molecule has 0 bridgehead atoms. The summed E-state index contributed by atoms with van der Waals surface area (Å²) in [5.74, 6) is 0.819. The molecule has 0 N–H and O–H groups in total. The molecule has 0 radical (unpaired) electrons. The minimum absolute atomic E-state index is 0.654. The van der Waals surface area contributed by atoms with Crippen molar-refractivity contribution in [3.05, 3.63) is 29.8 Å². The Morgan fingerprint density at radius 3 is 2.18 bits per heavy atom. The lowest BCUT2D eigenvalue weighted by molar-refractivity contribution is 0.305. The zero-order chi connectivity index (χ0) is 12.7. The van der Waals surface area contributed by atoms with Gasteiger partial charge in [0, 0.05) is 5.56 Å². The second-order valence-electron chi connectivity index (χ2n) is 3.93. The second-order valence-corrected chi connectivity index (χ2v) is 6.21. The van der Waals surface area contributed by atoms with Crippen LogP contribution >= 0.6 is 34.8 Å². The zero-order valence-electron chi connectivity index (χ0n) is 9.89. The molecule has 1 aromatic rings. The normalized spacial score (nSPS) is 11.5. The van der Waals surface area contributed by atoms with Gasteiger partial charge in [0.1, 0.15) is 5.75 Å². The van der Waals surface area contributed by atoms with Gasteiger partial charge in [0.25, 0.3) is 0 Å². The number of benzene rings is 1.